The average Bonchev–Trinajstić information content (AvgIpc) is 2.60. The van der Waals surface area contributed by atoms with Gasteiger partial charge in [-0.15, -0.1) is 0 Å². The minimum atomic E-state index is -5.03. The lowest BCUT2D eigenvalue weighted by molar-refractivity contribution is -0.131. The molecule has 1 unspecified atom stereocenters. The minimum Gasteiger partial charge on any atom is -0.454 e. The number of hydrogen-bond acceptors (Lipinski definition) is 4. The van der Waals surface area contributed by atoms with Gasteiger partial charge in [0.2, 0.25) is 15.8 Å². The van der Waals surface area contributed by atoms with E-state index in [1.165, 1.54) is 0 Å². The second-order valence-electron chi connectivity index (χ2n) is 3.63. The maximum atomic E-state index is 12.8. The predicted molar refractivity (Wildman–Crippen MR) is 63.8 cm³/mol. The number of benzene rings is 1. The van der Waals surface area contributed by atoms with Gasteiger partial charge in [-0.3, -0.25) is 0 Å². The third-order valence-electron chi connectivity index (χ3n) is 2.33. The molecule has 0 radical (unpaired) electrons. The molecule has 0 saturated carbocycles. The largest absolute Gasteiger partial charge is 0.454 e. The van der Waals surface area contributed by atoms with Crippen LogP contribution in [0.15, 0.2) is 16.6 Å². The monoisotopic (exact) mass is 380 g/mol. The Kier molecular flexibility index (Phi) is 3.65. The first kappa shape index (κ1) is 14.7. The average molecular weight is 382 g/mol. The number of hydrogen-bond donors (Lipinski definition) is 0. The summed E-state index contributed by atoms with van der Waals surface area (Å²) in [6.07, 6.45) is -5.03. The van der Waals surface area contributed by atoms with Gasteiger partial charge < -0.3 is 9.47 Å². The molecule has 19 heavy (non-hydrogen) atoms. The molecule has 0 amide bonds. The summed E-state index contributed by atoms with van der Waals surface area (Å²) in [6, 6.07) is 1.94. The smallest absolute Gasteiger partial charge is 0.410 e. The van der Waals surface area contributed by atoms with Crippen LogP contribution >= 0.6 is 26.6 Å². The first-order valence-electron chi connectivity index (χ1n) is 4.70. The zero-order valence-electron chi connectivity index (χ0n) is 8.87. The van der Waals surface area contributed by atoms with E-state index < -0.39 is 26.0 Å². The second kappa shape index (κ2) is 4.71. The predicted octanol–water partition coefficient (Wildman–Crippen LogP) is 3.35. The Morgan fingerprint density at radius 2 is 1.95 bits per heavy atom. The molecule has 0 bridgehead atoms. The summed E-state index contributed by atoms with van der Waals surface area (Å²) in [5, 5.41) is -2.83. The van der Waals surface area contributed by atoms with Crippen LogP contribution < -0.4 is 9.47 Å². The van der Waals surface area contributed by atoms with E-state index in [1.807, 2.05) is 0 Å². The summed E-state index contributed by atoms with van der Waals surface area (Å²) < 4.78 is 70.9. The fourth-order valence-electron chi connectivity index (χ4n) is 1.65. The van der Waals surface area contributed by atoms with Gasteiger partial charge in [-0.05, 0) is 33.6 Å². The van der Waals surface area contributed by atoms with E-state index in [-0.39, 0.29) is 22.8 Å². The molecule has 1 heterocycles. The molecule has 0 spiro atoms. The van der Waals surface area contributed by atoms with Gasteiger partial charge in [0.05, 0.1) is 4.47 Å². The lowest BCUT2D eigenvalue weighted by Crippen LogP contribution is -2.25. The number of ether oxygens (including phenoxy) is 2. The molecule has 1 aromatic carbocycles. The minimum absolute atomic E-state index is 0.0268. The summed E-state index contributed by atoms with van der Waals surface area (Å²) in [7, 11) is 0.00666. The molecule has 2 rings (SSSR count). The zero-order valence-corrected chi connectivity index (χ0v) is 12.0. The maximum Gasteiger partial charge on any atom is 0.410 e. The maximum absolute atomic E-state index is 12.8. The first-order chi connectivity index (χ1) is 8.60. The highest BCUT2D eigenvalue weighted by Gasteiger charge is 2.49. The lowest BCUT2D eigenvalue weighted by atomic mass is 10.1. The number of halogens is 5. The Labute approximate surface area is 119 Å². The van der Waals surface area contributed by atoms with Gasteiger partial charge in [0.25, 0.3) is 0 Å². The molecule has 1 atom stereocenters. The van der Waals surface area contributed by atoms with Gasteiger partial charge in [0.15, 0.2) is 16.7 Å². The standard InChI is InChI=1S/C9H5BrClF3O4S/c10-5-1-4(2-6-7(5)18-3-17-6)8(9(12,13)14)19(11,15)16/h1-2,8H,3H2. The summed E-state index contributed by atoms with van der Waals surface area (Å²) in [5.41, 5.74) is -0.543. The third-order valence-corrected chi connectivity index (χ3v) is 4.56. The normalized spacial score (nSPS) is 16.5. The molecule has 4 nitrogen and oxygen atoms in total. The SMILES string of the molecule is O=S(=O)(Cl)C(c1cc(Br)c2c(c1)OCO2)C(F)(F)F. The molecular weight excluding hydrogens is 377 g/mol. The van der Waals surface area contributed by atoms with Crippen LogP contribution in [0.4, 0.5) is 13.2 Å². The van der Waals surface area contributed by atoms with Crippen LogP contribution in [0.3, 0.4) is 0 Å². The van der Waals surface area contributed by atoms with Crippen molar-refractivity contribution in [2.45, 2.75) is 11.4 Å². The van der Waals surface area contributed by atoms with Crippen LogP contribution in [0, 0.1) is 0 Å². The van der Waals surface area contributed by atoms with Crippen LogP contribution in [0.5, 0.6) is 11.5 Å². The van der Waals surface area contributed by atoms with Crippen molar-refractivity contribution in [2.75, 3.05) is 6.79 Å². The van der Waals surface area contributed by atoms with E-state index in [4.69, 9.17) is 20.2 Å². The highest BCUT2D eigenvalue weighted by Crippen LogP contribution is 2.47. The van der Waals surface area contributed by atoms with Gasteiger partial charge in [0, 0.05) is 10.7 Å². The summed E-state index contributed by atoms with van der Waals surface area (Å²) in [4.78, 5) is 0. The molecule has 0 aliphatic carbocycles. The van der Waals surface area contributed by atoms with Crippen molar-refractivity contribution < 1.29 is 31.1 Å². The molecule has 0 fully saturated rings. The topological polar surface area (TPSA) is 52.6 Å². The fourth-order valence-corrected chi connectivity index (χ4v) is 3.62. The molecule has 0 aromatic heterocycles. The Morgan fingerprint density at radius 1 is 1.32 bits per heavy atom. The lowest BCUT2D eigenvalue weighted by Gasteiger charge is -2.18. The first-order valence-corrected chi connectivity index (χ1v) is 7.86. The summed E-state index contributed by atoms with van der Waals surface area (Å²) in [6.45, 7) is -0.151. The van der Waals surface area contributed by atoms with Crippen molar-refractivity contribution in [3.63, 3.8) is 0 Å². The van der Waals surface area contributed by atoms with Crippen molar-refractivity contribution in [2.24, 2.45) is 0 Å². The Bertz CT molecular complexity index is 617. The van der Waals surface area contributed by atoms with E-state index >= 15 is 0 Å². The van der Waals surface area contributed by atoms with E-state index in [0.29, 0.717) is 0 Å². The van der Waals surface area contributed by atoms with E-state index in [2.05, 4.69) is 15.9 Å². The van der Waals surface area contributed by atoms with Crippen molar-refractivity contribution in [1.82, 2.24) is 0 Å². The molecule has 1 aromatic rings. The number of rotatable bonds is 2. The highest BCUT2D eigenvalue weighted by atomic mass is 79.9. The van der Waals surface area contributed by atoms with Crippen LogP contribution in [-0.2, 0) is 9.05 Å². The second-order valence-corrected chi connectivity index (χ2v) is 7.20. The van der Waals surface area contributed by atoms with E-state index in [9.17, 15) is 21.6 Å². The van der Waals surface area contributed by atoms with E-state index in [1.54, 1.807) is 0 Å². The van der Waals surface area contributed by atoms with Gasteiger partial charge >= 0.3 is 6.18 Å². The molecular formula is C9H5BrClF3O4S. The number of alkyl halides is 3. The Hall–Kier alpha value is -0.670. The van der Waals surface area contributed by atoms with Gasteiger partial charge in [-0.2, -0.15) is 13.2 Å². The third kappa shape index (κ3) is 2.92. The fraction of sp³-hybridized carbons (Fsp3) is 0.333. The van der Waals surface area contributed by atoms with Crippen molar-refractivity contribution >= 4 is 35.7 Å². The van der Waals surface area contributed by atoms with Gasteiger partial charge in [-0.25, -0.2) is 8.42 Å². The van der Waals surface area contributed by atoms with E-state index in [0.717, 1.165) is 12.1 Å². The molecule has 10 heteroatoms. The Morgan fingerprint density at radius 3 is 2.47 bits per heavy atom. The highest BCUT2D eigenvalue weighted by molar-refractivity contribution is 9.10. The molecule has 0 N–H and O–H groups in total. The van der Waals surface area contributed by atoms with Crippen molar-refractivity contribution in [3.8, 4) is 11.5 Å². The Balaban J connectivity index is 2.59. The van der Waals surface area contributed by atoms with Crippen LogP contribution in [0.25, 0.3) is 0 Å². The summed E-state index contributed by atoms with van der Waals surface area (Å²) >= 11 is 2.99. The molecule has 1 aliphatic rings. The van der Waals surface area contributed by atoms with Gasteiger partial charge in [0.1, 0.15) is 0 Å². The quantitative estimate of drug-likeness (QED) is 0.737. The molecule has 106 valence electrons. The zero-order chi connectivity index (χ0) is 14.4. The molecule has 1 aliphatic heterocycles. The van der Waals surface area contributed by atoms with Gasteiger partial charge in [-0.1, -0.05) is 0 Å². The summed E-state index contributed by atoms with van der Waals surface area (Å²) in [5.74, 6) is 0.246. The van der Waals surface area contributed by atoms with Crippen LogP contribution in [0.1, 0.15) is 10.8 Å². The van der Waals surface area contributed by atoms with Crippen molar-refractivity contribution in [1.29, 1.82) is 0 Å². The van der Waals surface area contributed by atoms with Crippen LogP contribution in [0.2, 0.25) is 0 Å². The van der Waals surface area contributed by atoms with Crippen molar-refractivity contribution in [3.05, 3.63) is 22.2 Å². The number of fused-ring (bicyclic) bond motifs is 1. The molecule has 0 saturated heterocycles. The van der Waals surface area contributed by atoms with Crippen LogP contribution in [-0.4, -0.2) is 21.4 Å².